The summed E-state index contributed by atoms with van der Waals surface area (Å²) in [7, 11) is 0. The van der Waals surface area contributed by atoms with E-state index in [0.717, 1.165) is 89.0 Å². The van der Waals surface area contributed by atoms with E-state index in [4.69, 9.17) is 9.47 Å². The second kappa shape index (κ2) is 24.3. The Hall–Kier alpha value is -0.950. The average Bonchev–Trinajstić information content (AvgIpc) is 3.61. The van der Waals surface area contributed by atoms with Crippen LogP contribution in [0.3, 0.4) is 0 Å². The highest BCUT2D eigenvalue weighted by molar-refractivity contribution is 5.90. The molecule has 2 aliphatic rings. The van der Waals surface area contributed by atoms with Crippen LogP contribution in [-0.4, -0.2) is 57.9 Å². The zero-order valence-electron chi connectivity index (χ0n) is 28.0. The van der Waals surface area contributed by atoms with E-state index >= 15 is 0 Å². The van der Waals surface area contributed by atoms with Crippen LogP contribution in [0.1, 0.15) is 181 Å². The van der Waals surface area contributed by atoms with Crippen molar-refractivity contribution in [3.8, 4) is 0 Å². The highest BCUT2D eigenvalue weighted by atomic mass is 16.5. The van der Waals surface area contributed by atoms with E-state index in [-0.39, 0.29) is 30.4 Å². The number of aliphatic hydroxyl groups excluding tert-OH is 3. The van der Waals surface area contributed by atoms with Gasteiger partial charge in [-0.05, 0) is 64.4 Å². The van der Waals surface area contributed by atoms with Crippen LogP contribution in [0.15, 0.2) is 11.6 Å². The second-order valence-corrected chi connectivity index (χ2v) is 13.6. The molecule has 6 heteroatoms. The van der Waals surface area contributed by atoms with Crippen molar-refractivity contribution in [3.05, 3.63) is 11.6 Å². The minimum atomic E-state index is -0.447. The lowest BCUT2D eigenvalue weighted by atomic mass is 9.99. The van der Waals surface area contributed by atoms with E-state index < -0.39 is 12.2 Å². The van der Waals surface area contributed by atoms with Crippen LogP contribution in [0.4, 0.5) is 0 Å². The average molecular weight is 609 g/mol. The Labute approximate surface area is 264 Å². The van der Waals surface area contributed by atoms with Gasteiger partial charge >= 0.3 is 5.97 Å². The van der Waals surface area contributed by atoms with Crippen molar-refractivity contribution < 1.29 is 29.6 Å². The molecule has 252 valence electrons. The lowest BCUT2D eigenvalue weighted by Crippen LogP contribution is -2.31. The van der Waals surface area contributed by atoms with Crippen molar-refractivity contribution in [1.82, 2.24) is 0 Å². The zero-order chi connectivity index (χ0) is 31.1. The third kappa shape index (κ3) is 18.0. The molecule has 0 bridgehead atoms. The third-order valence-electron chi connectivity index (χ3n) is 9.56. The van der Waals surface area contributed by atoms with Gasteiger partial charge in [0, 0.05) is 5.57 Å². The maximum absolute atomic E-state index is 11.6. The van der Waals surface area contributed by atoms with Crippen LogP contribution >= 0.6 is 0 Å². The van der Waals surface area contributed by atoms with Crippen molar-refractivity contribution in [2.75, 3.05) is 0 Å². The summed E-state index contributed by atoms with van der Waals surface area (Å²) in [6.07, 6.45) is 29.1. The van der Waals surface area contributed by atoms with Gasteiger partial charge in [0.2, 0.25) is 0 Å². The zero-order valence-corrected chi connectivity index (χ0v) is 28.0. The largest absolute Gasteiger partial charge is 0.455 e. The van der Waals surface area contributed by atoms with Crippen molar-refractivity contribution >= 4 is 5.97 Å². The maximum Gasteiger partial charge on any atom is 0.334 e. The molecule has 0 unspecified atom stereocenters. The number of carbonyl (C=O) groups is 1. The highest BCUT2D eigenvalue weighted by Crippen LogP contribution is 2.28. The smallest absolute Gasteiger partial charge is 0.334 e. The van der Waals surface area contributed by atoms with Crippen molar-refractivity contribution in [2.24, 2.45) is 0 Å². The number of rotatable bonds is 28. The number of hydrogen-bond donors (Lipinski definition) is 3. The molecule has 1 fully saturated rings. The first-order valence-corrected chi connectivity index (χ1v) is 18.5. The van der Waals surface area contributed by atoms with Gasteiger partial charge in [0.25, 0.3) is 0 Å². The van der Waals surface area contributed by atoms with E-state index in [1.54, 1.807) is 0 Å². The Bertz CT molecular complexity index is 724. The predicted molar refractivity (Wildman–Crippen MR) is 176 cm³/mol. The molecule has 0 aliphatic carbocycles. The number of cyclic esters (lactones) is 1. The molecule has 6 atom stereocenters. The molecule has 6 nitrogen and oxygen atoms in total. The van der Waals surface area contributed by atoms with Gasteiger partial charge in [0.05, 0.1) is 30.5 Å². The minimum absolute atomic E-state index is 0.0541. The fraction of sp³-hybridized carbons (Fsp3) is 0.919. The molecule has 0 radical (unpaired) electrons. The minimum Gasteiger partial charge on any atom is -0.455 e. The Morgan fingerprint density at radius 2 is 1.07 bits per heavy atom. The maximum atomic E-state index is 11.6. The van der Waals surface area contributed by atoms with E-state index in [2.05, 4.69) is 6.92 Å². The first-order valence-electron chi connectivity index (χ1n) is 18.5. The SMILES string of the molecule is CCCCCCCCCC[C@@H](O)[C@H]1CC[C@H]([C@H](O)CCCCC[C@H](O)CCCCCCCCCCC2=C[C@H](C)OC2=O)O1. The topological polar surface area (TPSA) is 96.2 Å². The van der Waals surface area contributed by atoms with Gasteiger partial charge in [-0.15, -0.1) is 0 Å². The normalized spacial score (nSPS) is 22.5. The second-order valence-electron chi connectivity index (χ2n) is 13.6. The molecular weight excluding hydrogens is 540 g/mol. The fourth-order valence-corrected chi connectivity index (χ4v) is 6.74. The lowest BCUT2D eigenvalue weighted by molar-refractivity contribution is -0.139. The summed E-state index contributed by atoms with van der Waals surface area (Å²) in [5, 5.41) is 31.5. The molecule has 0 amide bonds. The number of unbranched alkanes of at least 4 members (excludes halogenated alkanes) is 16. The summed E-state index contributed by atoms with van der Waals surface area (Å²) >= 11 is 0. The van der Waals surface area contributed by atoms with Crippen molar-refractivity contribution in [1.29, 1.82) is 0 Å². The van der Waals surface area contributed by atoms with Crippen LogP contribution in [-0.2, 0) is 14.3 Å². The molecule has 2 aliphatic heterocycles. The highest BCUT2D eigenvalue weighted by Gasteiger charge is 2.34. The molecule has 0 saturated carbocycles. The number of aliphatic hydroxyl groups is 3. The molecule has 2 rings (SSSR count). The van der Waals surface area contributed by atoms with Crippen LogP contribution < -0.4 is 0 Å². The summed E-state index contributed by atoms with van der Waals surface area (Å²) in [6.45, 7) is 4.16. The first-order chi connectivity index (χ1) is 20.9. The number of esters is 1. The van der Waals surface area contributed by atoms with Crippen LogP contribution in [0, 0.1) is 0 Å². The molecule has 0 aromatic heterocycles. The number of carbonyl (C=O) groups excluding carboxylic acids is 1. The van der Waals surface area contributed by atoms with Gasteiger partial charge in [-0.25, -0.2) is 4.79 Å². The molecule has 3 N–H and O–H groups in total. The lowest BCUT2D eigenvalue weighted by Gasteiger charge is -2.22. The van der Waals surface area contributed by atoms with Gasteiger partial charge < -0.3 is 24.8 Å². The Morgan fingerprint density at radius 3 is 1.53 bits per heavy atom. The predicted octanol–water partition coefficient (Wildman–Crippen LogP) is 8.87. The summed E-state index contributed by atoms with van der Waals surface area (Å²) in [6, 6.07) is 0. The van der Waals surface area contributed by atoms with Crippen LogP contribution in [0.2, 0.25) is 0 Å². The van der Waals surface area contributed by atoms with Crippen molar-refractivity contribution in [3.63, 3.8) is 0 Å². The molecule has 0 aromatic carbocycles. The van der Waals surface area contributed by atoms with Crippen LogP contribution in [0.25, 0.3) is 0 Å². The Balaban J connectivity index is 1.35. The number of hydrogen-bond acceptors (Lipinski definition) is 6. The first kappa shape index (κ1) is 38.2. The molecule has 2 heterocycles. The van der Waals surface area contributed by atoms with Gasteiger partial charge in [-0.3, -0.25) is 0 Å². The van der Waals surface area contributed by atoms with E-state index in [0.29, 0.717) is 0 Å². The Kier molecular flexibility index (Phi) is 21.6. The summed E-state index contributed by atoms with van der Waals surface area (Å²) < 4.78 is 11.2. The van der Waals surface area contributed by atoms with E-state index in [1.165, 1.54) is 83.5 Å². The molecule has 43 heavy (non-hydrogen) atoms. The van der Waals surface area contributed by atoms with E-state index in [1.807, 2.05) is 13.0 Å². The summed E-state index contributed by atoms with van der Waals surface area (Å²) in [4.78, 5) is 11.6. The molecule has 0 aromatic rings. The monoisotopic (exact) mass is 609 g/mol. The number of ether oxygens (including phenoxy) is 2. The van der Waals surface area contributed by atoms with Crippen LogP contribution in [0.5, 0.6) is 0 Å². The van der Waals surface area contributed by atoms with Gasteiger partial charge in [0.15, 0.2) is 0 Å². The summed E-state index contributed by atoms with van der Waals surface area (Å²) in [5.41, 5.74) is 0.858. The van der Waals surface area contributed by atoms with Gasteiger partial charge in [0.1, 0.15) is 6.10 Å². The molecular formula is C37H68O6. The van der Waals surface area contributed by atoms with Gasteiger partial charge in [-0.2, -0.15) is 0 Å². The van der Waals surface area contributed by atoms with Gasteiger partial charge in [-0.1, -0.05) is 122 Å². The van der Waals surface area contributed by atoms with Crippen molar-refractivity contribution in [2.45, 2.75) is 217 Å². The third-order valence-corrected chi connectivity index (χ3v) is 9.56. The Morgan fingerprint density at radius 1 is 0.651 bits per heavy atom. The fourth-order valence-electron chi connectivity index (χ4n) is 6.74. The molecule has 0 spiro atoms. The molecule has 1 saturated heterocycles. The standard InChI is InChI=1S/C37H68O6/c1-3-4-5-6-7-12-15-20-25-33(39)35-27-28-36(43-35)34(40)26-21-16-19-24-32(38)23-18-14-11-9-8-10-13-17-22-31-29-30(2)42-37(31)41/h29-30,32-36,38-40H,3-28H2,1-2H3/t30-,32+,33+,34+,35+,36+/m0/s1. The van der Waals surface area contributed by atoms with E-state index in [9.17, 15) is 20.1 Å². The quantitative estimate of drug-likeness (QED) is 0.0606. The summed E-state index contributed by atoms with van der Waals surface area (Å²) in [5.74, 6) is -0.127.